The van der Waals surface area contributed by atoms with Crippen molar-refractivity contribution in [3.05, 3.63) is 29.3 Å². The molecule has 0 radical (unpaired) electrons. The van der Waals surface area contributed by atoms with Gasteiger partial charge in [-0.3, -0.25) is 0 Å². The average molecular weight is 219 g/mol. The summed E-state index contributed by atoms with van der Waals surface area (Å²) in [6, 6.07) is 6.47. The van der Waals surface area contributed by atoms with E-state index in [4.69, 9.17) is 10.5 Å². The predicted molar refractivity (Wildman–Crippen MR) is 67.0 cm³/mol. The Morgan fingerprint density at radius 2 is 2.12 bits per heavy atom. The molecule has 0 saturated heterocycles. The first-order valence-corrected chi connectivity index (χ1v) is 5.98. The van der Waals surface area contributed by atoms with Gasteiger partial charge in [-0.25, -0.2) is 0 Å². The maximum atomic E-state index is 5.94. The van der Waals surface area contributed by atoms with E-state index in [1.807, 2.05) is 0 Å². The molecule has 1 heterocycles. The summed E-state index contributed by atoms with van der Waals surface area (Å²) < 4.78 is 5.94. The Hall–Kier alpha value is -1.02. The van der Waals surface area contributed by atoms with Crippen LogP contribution >= 0.6 is 0 Å². The van der Waals surface area contributed by atoms with Crippen molar-refractivity contribution in [2.45, 2.75) is 45.1 Å². The molecule has 16 heavy (non-hydrogen) atoms. The van der Waals surface area contributed by atoms with Crippen molar-refractivity contribution in [1.82, 2.24) is 0 Å². The fourth-order valence-corrected chi connectivity index (χ4v) is 2.19. The third kappa shape index (κ3) is 1.71. The Morgan fingerprint density at radius 1 is 1.44 bits per heavy atom. The molecule has 0 aliphatic carbocycles. The molecule has 2 N–H and O–H groups in total. The molecule has 0 bridgehead atoms. The van der Waals surface area contributed by atoms with E-state index in [9.17, 15) is 0 Å². The summed E-state index contributed by atoms with van der Waals surface area (Å²) in [6.45, 7) is 9.36. The van der Waals surface area contributed by atoms with E-state index in [0.29, 0.717) is 18.4 Å². The van der Waals surface area contributed by atoms with Gasteiger partial charge in [0, 0.05) is 11.5 Å². The normalized spacial score (nSPS) is 23.7. The molecule has 0 aromatic heterocycles. The minimum atomic E-state index is -0.0904. The zero-order valence-electron chi connectivity index (χ0n) is 10.6. The Morgan fingerprint density at radius 3 is 2.75 bits per heavy atom. The molecule has 2 heteroatoms. The zero-order chi connectivity index (χ0) is 11.9. The topological polar surface area (TPSA) is 35.2 Å². The molecule has 0 amide bonds. The van der Waals surface area contributed by atoms with Gasteiger partial charge in [-0.05, 0) is 37.9 Å². The van der Waals surface area contributed by atoms with E-state index in [1.165, 1.54) is 11.1 Å². The van der Waals surface area contributed by atoms with Gasteiger partial charge in [0.25, 0.3) is 0 Å². The van der Waals surface area contributed by atoms with Crippen LogP contribution in [-0.2, 0) is 0 Å². The second kappa shape index (κ2) is 3.77. The Balaban J connectivity index is 2.39. The van der Waals surface area contributed by atoms with Crippen molar-refractivity contribution in [3.63, 3.8) is 0 Å². The van der Waals surface area contributed by atoms with Crippen molar-refractivity contribution >= 4 is 0 Å². The standard InChI is InChI=1S/C14H21NO/c1-9(8-15)11-5-6-13-12(7-11)10(2)14(3,4)16-13/h5-7,9-10H,8,15H2,1-4H3. The molecule has 2 rings (SSSR count). The molecule has 0 spiro atoms. The van der Waals surface area contributed by atoms with Crippen LogP contribution in [0.5, 0.6) is 5.75 Å². The maximum Gasteiger partial charge on any atom is 0.123 e. The maximum absolute atomic E-state index is 5.94. The molecule has 0 fully saturated rings. The first-order chi connectivity index (χ1) is 7.45. The van der Waals surface area contributed by atoms with Crippen LogP contribution in [0.3, 0.4) is 0 Å². The molecular formula is C14H21NO. The summed E-state index contributed by atoms with van der Waals surface area (Å²) in [5.41, 5.74) is 8.25. The second-order valence-electron chi connectivity index (χ2n) is 5.36. The second-order valence-corrected chi connectivity index (χ2v) is 5.36. The predicted octanol–water partition coefficient (Wildman–Crippen LogP) is 3.02. The number of fused-ring (bicyclic) bond motifs is 1. The van der Waals surface area contributed by atoms with E-state index in [1.54, 1.807) is 0 Å². The van der Waals surface area contributed by atoms with Gasteiger partial charge in [-0.15, -0.1) is 0 Å². The Kier molecular flexibility index (Phi) is 2.70. The minimum Gasteiger partial charge on any atom is -0.487 e. The highest BCUT2D eigenvalue weighted by atomic mass is 16.5. The molecular weight excluding hydrogens is 198 g/mol. The van der Waals surface area contributed by atoms with E-state index < -0.39 is 0 Å². The molecule has 1 aromatic carbocycles. The minimum absolute atomic E-state index is 0.0904. The average Bonchev–Trinajstić information content (AvgIpc) is 2.48. The van der Waals surface area contributed by atoms with Crippen molar-refractivity contribution < 1.29 is 4.74 Å². The summed E-state index contributed by atoms with van der Waals surface area (Å²) in [5, 5.41) is 0. The molecule has 0 saturated carbocycles. The Bertz CT molecular complexity index is 398. The van der Waals surface area contributed by atoms with Crippen LogP contribution in [0.4, 0.5) is 0 Å². The summed E-state index contributed by atoms with van der Waals surface area (Å²) in [5.74, 6) is 1.89. The van der Waals surface area contributed by atoms with E-state index in [2.05, 4.69) is 45.9 Å². The van der Waals surface area contributed by atoms with Gasteiger partial charge in [0.15, 0.2) is 0 Å². The highest BCUT2D eigenvalue weighted by Gasteiger charge is 2.37. The summed E-state index contributed by atoms with van der Waals surface area (Å²) in [6.07, 6.45) is 0. The van der Waals surface area contributed by atoms with E-state index in [0.717, 1.165) is 5.75 Å². The number of ether oxygens (including phenoxy) is 1. The van der Waals surface area contributed by atoms with Crippen LogP contribution in [-0.4, -0.2) is 12.1 Å². The van der Waals surface area contributed by atoms with Crippen molar-refractivity contribution in [3.8, 4) is 5.75 Å². The molecule has 1 aliphatic rings. The van der Waals surface area contributed by atoms with Crippen LogP contribution in [0.1, 0.15) is 50.7 Å². The molecule has 2 atom stereocenters. The van der Waals surface area contributed by atoms with Gasteiger partial charge in [-0.1, -0.05) is 26.0 Å². The highest BCUT2D eigenvalue weighted by molar-refractivity contribution is 5.45. The lowest BCUT2D eigenvalue weighted by Crippen LogP contribution is -2.28. The summed E-state index contributed by atoms with van der Waals surface area (Å²) in [7, 11) is 0. The first kappa shape index (κ1) is 11.5. The van der Waals surface area contributed by atoms with Crippen LogP contribution in [0.2, 0.25) is 0 Å². The van der Waals surface area contributed by atoms with Crippen LogP contribution in [0, 0.1) is 0 Å². The van der Waals surface area contributed by atoms with E-state index in [-0.39, 0.29) is 5.60 Å². The number of nitrogens with two attached hydrogens (primary N) is 1. The lowest BCUT2D eigenvalue weighted by Gasteiger charge is -2.23. The first-order valence-electron chi connectivity index (χ1n) is 5.98. The van der Waals surface area contributed by atoms with Gasteiger partial charge < -0.3 is 10.5 Å². The monoisotopic (exact) mass is 219 g/mol. The number of rotatable bonds is 2. The molecule has 88 valence electrons. The number of hydrogen-bond donors (Lipinski definition) is 1. The summed E-state index contributed by atoms with van der Waals surface area (Å²) in [4.78, 5) is 0. The largest absolute Gasteiger partial charge is 0.487 e. The van der Waals surface area contributed by atoms with Crippen molar-refractivity contribution in [2.75, 3.05) is 6.54 Å². The lowest BCUT2D eigenvalue weighted by atomic mass is 9.87. The van der Waals surface area contributed by atoms with E-state index >= 15 is 0 Å². The molecule has 1 aliphatic heterocycles. The van der Waals surface area contributed by atoms with Crippen molar-refractivity contribution in [1.29, 1.82) is 0 Å². The van der Waals surface area contributed by atoms with Gasteiger partial charge in [0.2, 0.25) is 0 Å². The SMILES string of the molecule is CC(CN)c1ccc2c(c1)C(C)C(C)(C)O2. The molecule has 1 aromatic rings. The molecule has 2 unspecified atom stereocenters. The van der Waals surface area contributed by atoms with Crippen molar-refractivity contribution in [2.24, 2.45) is 5.73 Å². The number of hydrogen-bond acceptors (Lipinski definition) is 2. The van der Waals surface area contributed by atoms with Crippen LogP contribution in [0.25, 0.3) is 0 Å². The van der Waals surface area contributed by atoms with Gasteiger partial charge in [0.1, 0.15) is 11.4 Å². The third-order valence-corrected chi connectivity index (χ3v) is 3.84. The number of benzene rings is 1. The fourth-order valence-electron chi connectivity index (χ4n) is 2.19. The highest BCUT2D eigenvalue weighted by Crippen LogP contribution is 2.44. The molecule has 2 nitrogen and oxygen atoms in total. The van der Waals surface area contributed by atoms with Gasteiger partial charge >= 0.3 is 0 Å². The summed E-state index contributed by atoms with van der Waals surface area (Å²) >= 11 is 0. The third-order valence-electron chi connectivity index (χ3n) is 3.84. The smallest absolute Gasteiger partial charge is 0.123 e. The Labute approximate surface area is 97.8 Å². The van der Waals surface area contributed by atoms with Crippen LogP contribution < -0.4 is 10.5 Å². The lowest BCUT2D eigenvalue weighted by molar-refractivity contribution is 0.116. The zero-order valence-corrected chi connectivity index (χ0v) is 10.6. The van der Waals surface area contributed by atoms with Gasteiger partial charge in [0.05, 0.1) is 0 Å². The fraction of sp³-hybridized carbons (Fsp3) is 0.571. The van der Waals surface area contributed by atoms with Gasteiger partial charge in [-0.2, -0.15) is 0 Å². The quantitative estimate of drug-likeness (QED) is 0.829. The van der Waals surface area contributed by atoms with Crippen LogP contribution in [0.15, 0.2) is 18.2 Å².